The molecule has 0 radical (unpaired) electrons. The van der Waals surface area contributed by atoms with Gasteiger partial charge in [-0.1, -0.05) is 13.0 Å². The van der Waals surface area contributed by atoms with Gasteiger partial charge in [-0.15, -0.1) is 0 Å². The van der Waals surface area contributed by atoms with Gasteiger partial charge < -0.3 is 10.0 Å². The predicted octanol–water partition coefficient (Wildman–Crippen LogP) is 4.11. The highest BCUT2D eigenvalue weighted by molar-refractivity contribution is 5.94. The number of nitrogens with zero attached hydrogens (tertiary/aromatic N) is 3. The molecule has 1 aliphatic rings. The summed E-state index contributed by atoms with van der Waals surface area (Å²) in [5.74, 6) is -3.17. The molecule has 0 spiro atoms. The van der Waals surface area contributed by atoms with Gasteiger partial charge in [0.15, 0.2) is 0 Å². The molecule has 1 aromatic carbocycles. The highest BCUT2D eigenvalue weighted by Gasteiger charge is 2.38. The van der Waals surface area contributed by atoms with E-state index >= 15 is 0 Å². The van der Waals surface area contributed by atoms with E-state index in [4.69, 9.17) is 9.90 Å². The van der Waals surface area contributed by atoms with Crippen molar-refractivity contribution in [3.8, 4) is 0 Å². The summed E-state index contributed by atoms with van der Waals surface area (Å²) in [5.41, 5.74) is 3.23. The van der Waals surface area contributed by atoms with Crippen LogP contribution >= 0.6 is 0 Å². The quantitative estimate of drug-likeness (QED) is 0.476. The first-order chi connectivity index (χ1) is 18.0. The normalized spacial score (nSPS) is 14.0. The zero-order chi connectivity index (χ0) is 27.9. The van der Waals surface area contributed by atoms with Crippen LogP contribution in [0.2, 0.25) is 0 Å². The van der Waals surface area contributed by atoms with Gasteiger partial charge in [0.25, 0.3) is 11.5 Å². The topological polar surface area (TPSA) is 116 Å². The van der Waals surface area contributed by atoms with Gasteiger partial charge in [0.05, 0.1) is 11.3 Å². The van der Waals surface area contributed by atoms with Crippen LogP contribution in [-0.2, 0) is 17.6 Å². The number of aromatic nitrogens is 3. The van der Waals surface area contributed by atoms with Crippen molar-refractivity contribution in [2.45, 2.75) is 44.7 Å². The van der Waals surface area contributed by atoms with Crippen LogP contribution in [0.4, 0.5) is 17.6 Å². The third-order valence-electron chi connectivity index (χ3n) is 6.16. The second kappa shape index (κ2) is 12.4. The number of aromatic amines is 1. The fourth-order valence-electron chi connectivity index (χ4n) is 4.12. The van der Waals surface area contributed by atoms with Crippen LogP contribution in [-0.4, -0.2) is 56.3 Å². The van der Waals surface area contributed by atoms with Crippen LogP contribution in [0.25, 0.3) is 0 Å². The first-order valence-corrected chi connectivity index (χ1v) is 11.8. The summed E-state index contributed by atoms with van der Waals surface area (Å²) < 4.78 is 46.2. The highest BCUT2D eigenvalue weighted by Crippen LogP contribution is 2.28. The van der Waals surface area contributed by atoms with E-state index in [1.165, 1.54) is 11.6 Å². The van der Waals surface area contributed by atoms with E-state index < -0.39 is 18.0 Å². The molecule has 0 aliphatic carbocycles. The van der Waals surface area contributed by atoms with E-state index in [-0.39, 0.29) is 17.0 Å². The standard InChI is InChI=1S/C24H25FN4O2.C2HF3O2/c1-2-17-15-20(27-28-23(17)30)13-16-3-4-22(25)21(14-16)24(31)29-11-7-19(8-12-29)18-5-9-26-10-6-18;3-2(4,5)1(6)7/h3-6,9-10,14-15,19H,2,7-8,11-13H2,1H3,(H,28,30);(H,6,7). The molecule has 1 aliphatic heterocycles. The molecule has 1 saturated heterocycles. The van der Waals surface area contributed by atoms with E-state index in [1.54, 1.807) is 35.5 Å². The van der Waals surface area contributed by atoms with Crippen LogP contribution in [0.3, 0.4) is 0 Å². The number of benzene rings is 1. The number of likely N-dealkylation sites (tertiary alicyclic amines) is 1. The molecule has 0 unspecified atom stereocenters. The highest BCUT2D eigenvalue weighted by atomic mass is 19.4. The van der Waals surface area contributed by atoms with E-state index in [9.17, 15) is 27.2 Å². The number of aryl methyl sites for hydroxylation is 1. The number of carboxylic acids is 1. The lowest BCUT2D eigenvalue weighted by atomic mass is 9.90. The number of hydrogen-bond acceptors (Lipinski definition) is 5. The third kappa shape index (κ3) is 7.46. The van der Waals surface area contributed by atoms with Crippen molar-refractivity contribution in [1.29, 1.82) is 0 Å². The SMILES string of the molecule is CCc1cc(Cc2ccc(F)c(C(=O)N3CCC(c4ccncc4)CC3)c2)n[nH]c1=O.O=C(O)C(F)(F)F. The number of piperidine rings is 1. The minimum absolute atomic E-state index is 0.0833. The lowest BCUT2D eigenvalue weighted by molar-refractivity contribution is -0.192. The van der Waals surface area contributed by atoms with Crippen molar-refractivity contribution in [2.75, 3.05) is 13.1 Å². The molecule has 1 amide bonds. The summed E-state index contributed by atoms with van der Waals surface area (Å²) in [7, 11) is 0. The molecular weight excluding hydrogens is 508 g/mol. The Labute approximate surface area is 215 Å². The second-order valence-electron chi connectivity index (χ2n) is 8.71. The molecule has 2 N–H and O–H groups in total. The summed E-state index contributed by atoms with van der Waals surface area (Å²) in [6.07, 6.45) is 1.20. The van der Waals surface area contributed by atoms with Gasteiger partial charge in [0, 0.05) is 37.5 Å². The lowest BCUT2D eigenvalue weighted by Gasteiger charge is -2.32. The number of alkyl halides is 3. The minimum Gasteiger partial charge on any atom is -0.475 e. The fraction of sp³-hybridized carbons (Fsp3) is 0.346. The van der Waals surface area contributed by atoms with Crippen molar-refractivity contribution < 1.29 is 32.3 Å². The minimum atomic E-state index is -5.08. The molecule has 1 fully saturated rings. The molecular formula is C26H26F4N4O4. The van der Waals surface area contributed by atoms with Gasteiger partial charge in [-0.3, -0.25) is 14.6 Å². The van der Waals surface area contributed by atoms with Crippen molar-refractivity contribution in [3.05, 3.63) is 92.9 Å². The summed E-state index contributed by atoms with van der Waals surface area (Å²) in [5, 5.41) is 13.7. The van der Waals surface area contributed by atoms with Crippen molar-refractivity contribution in [2.24, 2.45) is 0 Å². The second-order valence-corrected chi connectivity index (χ2v) is 8.71. The number of nitrogens with one attached hydrogen (secondary N) is 1. The average Bonchev–Trinajstić information content (AvgIpc) is 2.91. The molecule has 2 aromatic heterocycles. The predicted molar refractivity (Wildman–Crippen MR) is 129 cm³/mol. The molecule has 0 atom stereocenters. The molecule has 202 valence electrons. The Morgan fingerprint density at radius 2 is 1.74 bits per heavy atom. The maximum atomic E-state index is 14.5. The lowest BCUT2D eigenvalue weighted by Crippen LogP contribution is -2.38. The van der Waals surface area contributed by atoms with Crippen LogP contribution in [0.1, 0.15) is 58.4 Å². The van der Waals surface area contributed by atoms with Gasteiger partial charge >= 0.3 is 12.1 Å². The number of carbonyl (C=O) groups excluding carboxylic acids is 1. The van der Waals surface area contributed by atoms with E-state index in [0.717, 1.165) is 18.4 Å². The van der Waals surface area contributed by atoms with Crippen LogP contribution in [0, 0.1) is 5.82 Å². The van der Waals surface area contributed by atoms with Crippen molar-refractivity contribution in [1.82, 2.24) is 20.1 Å². The van der Waals surface area contributed by atoms with E-state index in [2.05, 4.69) is 15.2 Å². The first-order valence-electron chi connectivity index (χ1n) is 11.8. The van der Waals surface area contributed by atoms with Crippen molar-refractivity contribution in [3.63, 3.8) is 0 Å². The number of aliphatic carboxylic acids is 1. The average molecular weight is 535 g/mol. The fourth-order valence-corrected chi connectivity index (χ4v) is 4.12. The summed E-state index contributed by atoms with van der Waals surface area (Å²) in [6, 6.07) is 10.4. The van der Waals surface area contributed by atoms with Gasteiger partial charge in [-0.2, -0.15) is 18.3 Å². The third-order valence-corrected chi connectivity index (χ3v) is 6.16. The van der Waals surface area contributed by atoms with Crippen LogP contribution in [0.5, 0.6) is 0 Å². The number of hydrogen-bond donors (Lipinski definition) is 2. The number of halogens is 4. The van der Waals surface area contributed by atoms with Crippen molar-refractivity contribution >= 4 is 11.9 Å². The summed E-state index contributed by atoms with van der Waals surface area (Å²) >= 11 is 0. The maximum Gasteiger partial charge on any atom is 0.490 e. The molecule has 4 rings (SSSR count). The van der Waals surface area contributed by atoms with E-state index in [1.807, 2.05) is 19.1 Å². The summed E-state index contributed by atoms with van der Waals surface area (Å²) in [6.45, 7) is 3.09. The molecule has 12 heteroatoms. The molecule has 8 nitrogen and oxygen atoms in total. The van der Waals surface area contributed by atoms with Gasteiger partial charge in [-0.05, 0) is 66.6 Å². The summed E-state index contributed by atoms with van der Waals surface area (Å²) in [4.78, 5) is 39.4. The number of pyridine rings is 1. The van der Waals surface area contributed by atoms with Gasteiger partial charge in [0.1, 0.15) is 5.82 Å². The largest absolute Gasteiger partial charge is 0.490 e. The molecule has 0 bridgehead atoms. The first kappa shape index (κ1) is 28.5. The van der Waals surface area contributed by atoms with Crippen LogP contribution in [0.15, 0.2) is 53.6 Å². The Bertz CT molecular complexity index is 1320. The molecule has 0 saturated carbocycles. The Morgan fingerprint density at radius 1 is 1.11 bits per heavy atom. The number of carboxylic acid groups (broad SMARTS) is 1. The number of H-pyrrole nitrogens is 1. The zero-order valence-corrected chi connectivity index (χ0v) is 20.5. The Kier molecular flexibility index (Phi) is 9.32. The Hall–Kier alpha value is -4.09. The van der Waals surface area contributed by atoms with Crippen LogP contribution < -0.4 is 5.56 Å². The zero-order valence-electron chi connectivity index (χ0n) is 20.5. The Morgan fingerprint density at radius 3 is 2.32 bits per heavy atom. The molecule has 3 heterocycles. The van der Waals surface area contributed by atoms with Gasteiger partial charge in [-0.25, -0.2) is 14.3 Å². The number of carbonyl (C=O) groups is 2. The monoisotopic (exact) mass is 534 g/mol. The molecule has 3 aromatic rings. The number of rotatable bonds is 5. The smallest absolute Gasteiger partial charge is 0.475 e. The van der Waals surface area contributed by atoms with E-state index in [0.29, 0.717) is 43.1 Å². The Balaban J connectivity index is 0.000000505. The maximum absolute atomic E-state index is 14.5. The van der Waals surface area contributed by atoms with Gasteiger partial charge in [0.2, 0.25) is 0 Å². The number of amides is 1. The molecule has 38 heavy (non-hydrogen) atoms.